The maximum atomic E-state index is 5.67. The smallest absolute Gasteiger partial charge is 0.0518 e. The van der Waals surface area contributed by atoms with E-state index >= 15 is 0 Å². The second kappa shape index (κ2) is 8.08. The summed E-state index contributed by atoms with van der Waals surface area (Å²) in [6.07, 6.45) is 2.69. The quantitative estimate of drug-likeness (QED) is 0.611. The molecule has 0 aromatic heterocycles. The Labute approximate surface area is 102 Å². The summed E-state index contributed by atoms with van der Waals surface area (Å²) in [5.41, 5.74) is 0.351. The molecule has 0 spiro atoms. The van der Waals surface area contributed by atoms with Crippen LogP contribution < -0.4 is 5.32 Å². The van der Waals surface area contributed by atoms with Crippen molar-refractivity contribution < 1.29 is 4.74 Å². The fraction of sp³-hybridized carbons (Fsp3) is 1.00. The Morgan fingerprint density at radius 1 is 1.19 bits per heavy atom. The molecule has 0 heterocycles. The third-order valence-corrected chi connectivity index (χ3v) is 3.47. The van der Waals surface area contributed by atoms with E-state index in [-0.39, 0.29) is 0 Å². The van der Waals surface area contributed by atoms with E-state index in [1.807, 2.05) is 0 Å². The predicted octanol–water partition coefficient (Wildman–Crippen LogP) is 3.46. The van der Waals surface area contributed by atoms with E-state index in [4.69, 9.17) is 4.74 Å². The Bertz CT molecular complexity index is 168. The summed E-state index contributed by atoms with van der Waals surface area (Å²) in [6, 6.07) is 0. The molecule has 0 fully saturated rings. The Kier molecular flexibility index (Phi) is 8.04. The lowest BCUT2D eigenvalue weighted by Gasteiger charge is -2.34. The van der Waals surface area contributed by atoms with Gasteiger partial charge in [-0.15, -0.1) is 0 Å². The number of ether oxygens (including phenoxy) is 1. The molecule has 0 aromatic carbocycles. The van der Waals surface area contributed by atoms with Crippen molar-refractivity contribution >= 4 is 0 Å². The third kappa shape index (κ3) is 6.49. The lowest BCUT2D eigenvalue weighted by molar-refractivity contribution is 0.0424. The van der Waals surface area contributed by atoms with Gasteiger partial charge in [-0.2, -0.15) is 0 Å². The van der Waals surface area contributed by atoms with Crippen molar-refractivity contribution in [2.24, 2.45) is 11.3 Å². The van der Waals surface area contributed by atoms with Crippen LogP contribution in [0, 0.1) is 11.3 Å². The minimum absolute atomic E-state index is 0.347. The molecule has 1 atom stereocenters. The van der Waals surface area contributed by atoms with Gasteiger partial charge in [0.1, 0.15) is 0 Å². The average molecular weight is 229 g/mol. The Morgan fingerprint density at radius 3 is 2.25 bits per heavy atom. The third-order valence-electron chi connectivity index (χ3n) is 3.47. The fourth-order valence-corrected chi connectivity index (χ4v) is 1.66. The van der Waals surface area contributed by atoms with Gasteiger partial charge in [-0.05, 0) is 44.6 Å². The Hall–Kier alpha value is -0.0800. The van der Waals surface area contributed by atoms with Crippen LogP contribution in [0.5, 0.6) is 0 Å². The van der Waals surface area contributed by atoms with Crippen LogP contribution >= 0.6 is 0 Å². The zero-order valence-electron chi connectivity index (χ0n) is 12.1. The average Bonchev–Trinajstić information content (AvgIpc) is 2.17. The summed E-state index contributed by atoms with van der Waals surface area (Å²) < 4.78 is 5.67. The summed E-state index contributed by atoms with van der Waals surface area (Å²) >= 11 is 0. The maximum absolute atomic E-state index is 5.67. The molecule has 0 amide bonds. The second-order valence-corrected chi connectivity index (χ2v) is 5.66. The highest BCUT2D eigenvalue weighted by Crippen LogP contribution is 2.30. The summed E-state index contributed by atoms with van der Waals surface area (Å²) in [5.74, 6) is 0.688. The highest BCUT2D eigenvalue weighted by atomic mass is 16.5. The summed E-state index contributed by atoms with van der Waals surface area (Å²) in [4.78, 5) is 0. The molecule has 0 bridgehead atoms. The molecule has 16 heavy (non-hydrogen) atoms. The van der Waals surface area contributed by atoms with Crippen molar-refractivity contribution in [3.8, 4) is 0 Å². The van der Waals surface area contributed by atoms with Crippen LogP contribution in [-0.4, -0.2) is 25.8 Å². The standard InChI is InChI=1S/C14H31NO/c1-7-9-15-11-14(6,12(2)3)8-10-16-13(4)5/h12-13,15H,7-11H2,1-6H3. The minimum atomic E-state index is 0.347. The molecule has 0 rings (SSSR count). The van der Waals surface area contributed by atoms with Crippen LogP contribution in [0.1, 0.15) is 54.4 Å². The first kappa shape index (κ1) is 15.9. The molecule has 0 aliphatic carbocycles. The molecule has 98 valence electrons. The molecule has 2 nitrogen and oxygen atoms in total. The topological polar surface area (TPSA) is 21.3 Å². The summed E-state index contributed by atoms with van der Waals surface area (Å²) in [7, 11) is 0. The van der Waals surface area contributed by atoms with E-state index < -0.39 is 0 Å². The molecule has 1 N–H and O–H groups in total. The molecular weight excluding hydrogens is 198 g/mol. The van der Waals surface area contributed by atoms with Crippen LogP contribution in [0.15, 0.2) is 0 Å². The first-order valence-electron chi connectivity index (χ1n) is 6.74. The SMILES string of the molecule is CCCNCC(C)(CCOC(C)C)C(C)C. The lowest BCUT2D eigenvalue weighted by atomic mass is 9.76. The Balaban J connectivity index is 4.01. The molecule has 0 aromatic rings. The monoisotopic (exact) mass is 229 g/mol. The van der Waals surface area contributed by atoms with Crippen LogP contribution in [0.25, 0.3) is 0 Å². The van der Waals surface area contributed by atoms with Gasteiger partial charge in [0.25, 0.3) is 0 Å². The number of hydrogen-bond acceptors (Lipinski definition) is 2. The van der Waals surface area contributed by atoms with Crippen LogP contribution in [0.4, 0.5) is 0 Å². The van der Waals surface area contributed by atoms with Gasteiger partial charge in [0.15, 0.2) is 0 Å². The van der Waals surface area contributed by atoms with Gasteiger partial charge in [0.05, 0.1) is 6.10 Å². The van der Waals surface area contributed by atoms with Crippen LogP contribution in [-0.2, 0) is 4.74 Å². The zero-order valence-corrected chi connectivity index (χ0v) is 12.1. The van der Waals surface area contributed by atoms with E-state index in [1.165, 1.54) is 6.42 Å². The molecule has 0 aliphatic heterocycles. The van der Waals surface area contributed by atoms with Crippen molar-refractivity contribution in [2.75, 3.05) is 19.7 Å². The van der Waals surface area contributed by atoms with Gasteiger partial charge in [-0.1, -0.05) is 27.7 Å². The molecule has 0 saturated carbocycles. The van der Waals surface area contributed by atoms with Crippen molar-refractivity contribution in [1.29, 1.82) is 0 Å². The number of hydrogen-bond donors (Lipinski definition) is 1. The molecule has 0 saturated heterocycles. The zero-order chi connectivity index (χ0) is 12.6. The minimum Gasteiger partial charge on any atom is -0.379 e. The van der Waals surface area contributed by atoms with E-state index in [9.17, 15) is 0 Å². The highest BCUT2D eigenvalue weighted by molar-refractivity contribution is 4.80. The van der Waals surface area contributed by atoms with Gasteiger partial charge in [0, 0.05) is 13.2 Å². The molecular formula is C14H31NO. The van der Waals surface area contributed by atoms with Crippen molar-refractivity contribution in [1.82, 2.24) is 5.32 Å². The first-order valence-corrected chi connectivity index (χ1v) is 6.74. The lowest BCUT2D eigenvalue weighted by Crippen LogP contribution is -2.37. The fourth-order valence-electron chi connectivity index (χ4n) is 1.66. The molecule has 0 radical (unpaired) electrons. The summed E-state index contributed by atoms with van der Waals surface area (Å²) in [5, 5.41) is 3.54. The van der Waals surface area contributed by atoms with Crippen LogP contribution in [0.2, 0.25) is 0 Å². The largest absolute Gasteiger partial charge is 0.379 e. The Morgan fingerprint density at radius 2 is 1.81 bits per heavy atom. The number of nitrogens with one attached hydrogen (secondary N) is 1. The number of rotatable bonds is 9. The van der Waals surface area contributed by atoms with Gasteiger partial charge < -0.3 is 10.1 Å². The van der Waals surface area contributed by atoms with Crippen molar-refractivity contribution in [2.45, 2.75) is 60.5 Å². The summed E-state index contributed by atoms with van der Waals surface area (Å²) in [6.45, 7) is 16.5. The normalized spacial score (nSPS) is 15.8. The van der Waals surface area contributed by atoms with E-state index in [1.54, 1.807) is 0 Å². The molecule has 0 aliphatic rings. The van der Waals surface area contributed by atoms with Crippen molar-refractivity contribution in [3.05, 3.63) is 0 Å². The highest BCUT2D eigenvalue weighted by Gasteiger charge is 2.27. The van der Waals surface area contributed by atoms with Gasteiger partial charge in [0.2, 0.25) is 0 Å². The van der Waals surface area contributed by atoms with E-state index in [2.05, 4.69) is 46.9 Å². The van der Waals surface area contributed by atoms with Crippen molar-refractivity contribution in [3.63, 3.8) is 0 Å². The first-order chi connectivity index (χ1) is 7.42. The van der Waals surface area contributed by atoms with Gasteiger partial charge >= 0.3 is 0 Å². The van der Waals surface area contributed by atoms with E-state index in [0.29, 0.717) is 17.4 Å². The van der Waals surface area contributed by atoms with Gasteiger partial charge in [-0.3, -0.25) is 0 Å². The predicted molar refractivity (Wildman–Crippen MR) is 71.8 cm³/mol. The second-order valence-electron chi connectivity index (χ2n) is 5.66. The van der Waals surface area contributed by atoms with Gasteiger partial charge in [-0.25, -0.2) is 0 Å². The maximum Gasteiger partial charge on any atom is 0.0518 e. The molecule has 2 heteroatoms. The van der Waals surface area contributed by atoms with E-state index in [0.717, 1.165) is 26.1 Å². The van der Waals surface area contributed by atoms with Crippen LogP contribution in [0.3, 0.4) is 0 Å². The molecule has 1 unspecified atom stereocenters.